The van der Waals surface area contributed by atoms with Crippen molar-refractivity contribution in [2.75, 3.05) is 20.0 Å². The Kier molecular flexibility index (Phi) is 8.35. The molecule has 0 aromatic heterocycles. The van der Waals surface area contributed by atoms with Gasteiger partial charge in [-0.15, -0.1) is 0 Å². The molecule has 0 aliphatic carbocycles. The Morgan fingerprint density at radius 2 is 1.81 bits per heavy atom. The number of amides is 1. The molecule has 2 aromatic carbocycles. The third kappa shape index (κ3) is 5.99. The van der Waals surface area contributed by atoms with Gasteiger partial charge in [0.05, 0.1) is 20.3 Å². The van der Waals surface area contributed by atoms with E-state index in [9.17, 15) is 4.79 Å². The molecule has 0 fully saturated rings. The second-order valence-corrected chi connectivity index (χ2v) is 7.04. The van der Waals surface area contributed by atoms with Crippen molar-refractivity contribution in [1.82, 2.24) is 5.32 Å². The smallest absolute Gasteiger partial charge is 0.221 e. The van der Waals surface area contributed by atoms with Gasteiger partial charge in [-0.25, -0.2) is 0 Å². The molecule has 0 bridgehead atoms. The van der Waals surface area contributed by atoms with Gasteiger partial charge in [-0.1, -0.05) is 43.3 Å². The van der Waals surface area contributed by atoms with Crippen LogP contribution in [0.3, 0.4) is 0 Å². The van der Waals surface area contributed by atoms with Crippen molar-refractivity contribution in [2.45, 2.75) is 31.6 Å². The zero-order chi connectivity index (χ0) is 18.8. The summed E-state index contributed by atoms with van der Waals surface area (Å²) in [6.07, 6.45) is 1.33. The van der Waals surface area contributed by atoms with E-state index < -0.39 is 0 Å². The molecule has 0 aliphatic heterocycles. The molecule has 1 N–H and O–H groups in total. The summed E-state index contributed by atoms with van der Waals surface area (Å²) in [5.74, 6) is 3.18. The third-order valence-corrected chi connectivity index (χ3v) is 5.17. The minimum Gasteiger partial charge on any atom is -0.493 e. The molecule has 0 radical (unpaired) electrons. The lowest BCUT2D eigenvalue weighted by Crippen LogP contribution is -2.28. The number of thioether (sulfide) groups is 1. The van der Waals surface area contributed by atoms with Crippen LogP contribution in [0.2, 0.25) is 0 Å². The van der Waals surface area contributed by atoms with Crippen molar-refractivity contribution in [1.29, 1.82) is 0 Å². The highest BCUT2D eigenvalue weighted by molar-refractivity contribution is 7.98. The molecule has 26 heavy (non-hydrogen) atoms. The predicted molar refractivity (Wildman–Crippen MR) is 108 cm³/mol. The van der Waals surface area contributed by atoms with Gasteiger partial charge in [-0.3, -0.25) is 4.79 Å². The van der Waals surface area contributed by atoms with Crippen molar-refractivity contribution < 1.29 is 14.3 Å². The van der Waals surface area contributed by atoms with Gasteiger partial charge in [-0.05, 0) is 29.7 Å². The highest BCUT2D eigenvalue weighted by Gasteiger charge is 2.15. The fraction of sp³-hybridized carbons (Fsp3) is 0.381. The molecule has 0 heterocycles. The Balaban J connectivity index is 1.84. The van der Waals surface area contributed by atoms with Crippen LogP contribution in [0, 0.1) is 0 Å². The maximum Gasteiger partial charge on any atom is 0.221 e. The molecule has 4 nitrogen and oxygen atoms in total. The first kappa shape index (κ1) is 20.2. The van der Waals surface area contributed by atoms with Crippen LogP contribution in [0.5, 0.6) is 11.5 Å². The average molecular weight is 374 g/mol. The van der Waals surface area contributed by atoms with Gasteiger partial charge in [0.15, 0.2) is 11.5 Å². The summed E-state index contributed by atoms with van der Waals surface area (Å²) in [5, 5.41) is 3.12. The Morgan fingerprint density at radius 1 is 1.08 bits per heavy atom. The number of ether oxygens (including phenoxy) is 2. The summed E-state index contributed by atoms with van der Waals surface area (Å²) in [7, 11) is 3.23. The van der Waals surface area contributed by atoms with E-state index in [4.69, 9.17) is 9.47 Å². The molecule has 1 atom stereocenters. The van der Waals surface area contributed by atoms with Crippen molar-refractivity contribution in [3.05, 3.63) is 59.7 Å². The summed E-state index contributed by atoms with van der Waals surface area (Å²) in [4.78, 5) is 12.3. The molecular weight excluding hydrogens is 346 g/mol. The minimum absolute atomic E-state index is 0.0265. The molecule has 2 aromatic rings. The molecule has 2 rings (SSSR count). The SMILES string of the molecule is CC[C@@H](NC(=O)CCSCc1ccccc1)c1ccc(OC)c(OC)c1. The van der Waals surface area contributed by atoms with E-state index in [-0.39, 0.29) is 11.9 Å². The molecule has 0 aliphatic rings. The van der Waals surface area contributed by atoms with E-state index in [0.29, 0.717) is 17.9 Å². The number of hydrogen-bond donors (Lipinski definition) is 1. The zero-order valence-corrected chi connectivity index (χ0v) is 16.5. The van der Waals surface area contributed by atoms with Crippen molar-refractivity contribution in [3.63, 3.8) is 0 Å². The summed E-state index contributed by atoms with van der Waals surface area (Å²) in [6, 6.07) is 16.1. The molecule has 0 saturated heterocycles. The highest BCUT2D eigenvalue weighted by Crippen LogP contribution is 2.30. The van der Waals surface area contributed by atoms with Crippen LogP contribution in [-0.4, -0.2) is 25.9 Å². The number of benzene rings is 2. The van der Waals surface area contributed by atoms with E-state index in [0.717, 1.165) is 23.5 Å². The number of hydrogen-bond acceptors (Lipinski definition) is 4. The molecule has 0 unspecified atom stereocenters. The van der Waals surface area contributed by atoms with E-state index >= 15 is 0 Å². The molecule has 5 heteroatoms. The second-order valence-electron chi connectivity index (χ2n) is 5.93. The van der Waals surface area contributed by atoms with Crippen LogP contribution >= 0.6 is 11.8 Å². The van der Waals surface area contributed by atoms with Crippen LogP contribution in [0.15, 0.2) is 48.5 Å². The number of carbonyl (C=O) groups is 1. The summed E-state index contributed by atoms with van der Waals surface area (Å²) in [6.45, 7) is 2.06. The van der Waals surface area contributed by atoms with E-state index in [1.807, 2.05) is 36.4 Å². The summed E-state index contributed by atoms with van der Waals surface area (Å²) >= 11 is 1.78. The Labute approximate surface area is 160 Å². The largest absolute Gasteiger partial charge is 0.493 e. The van der Waals surface area contributed by atoms with Gasteiger partial charge in [0.1, 0.15) is 0 Å². The van der Waals surface area contributed by atoms with E-state index in [1.165, 1.54) is 5.56 Å². The van der Waals surface area contributed by atoms with Crippen molar-refractivity contribution >= 4 is 17.7 Å². The van der Waals surface area contributed by atoms with Crippen LogP contribution in [0.25, 0.3) is 0 Å². The minimum atomic E-state index is -0.0265. The molecule has 1 amide bonds. The number of nitrogens with one attached hydrogen (secondary N) is 1. The summed E-state index contributed by atoms with van der Waals surface area (Å²) < 4.78 is 10.6. The van der Waals surface area contributed by atoms with Crippen molar-refractivity contribution in [2.24, 2.45) is 0 Å². The topological polar surface area (TPSA) is 47.6 Å². The first-order valence-electron chi connectivity index (χ1n) is 8.80. The lowest BCUT2D eigenvalue weighted by atomic mass is 10.0. The molecular formula is C21H27NO3S. The van der Waals surface area contributed by atoms with Crippen LogP contribution < -0.4 is 14.8 Å². The van der Waals surface area contributed by atoms with Gasteiger partial charge < -0.3 is 14.8 Å². The van der Waals surface area contributed by atoms with Crippen LogP contribution in [0.1, 0.15) is 36.9 Å². The van der Waals surface area contributed by atoms with Gasteiger partial charge >= 0.3 is 0 Å². The lowest BCUT2D eigenvalue weighted by molar-refractivity contribution is -0.121. The van der Waals surface area contributed by atoms with E-state index in [1.54, 1.807) is 26.0 Å². The highest BCUT2D eigenvalue weighted by atomic mass is 32.2. The maximum absolute atomic E-state index is 12.3. The van der Waals surface area contributed by atoms with Crippen LogP contribution in [-0.2, 0) is 10.5 Å². The van der Waals surface area contributed by atoms with E-state index in [2.05, 4.69) is 24.4 Å². The quantitative estimate of drug-likeness (QED) is 0.619. The Bertz CT molecular complexity index is 691. The first-order valence-corrected chi connectivity index (χ1v) is 9.96. The summed E-state index contributed by atoms with van der Waals surface area (Å²) in [5.41, 5.74) is 2.31. The fourth-order valence-corrected chi connectivity index (χ4v) is 3.59. The standard InChI is InChI=1S/C21H27NO3S/c1-4-18(17-10-11-19(24-2)20(14-17)25-3)22-21(23)12-13-26-15-16-8-6-5-7-9-16/h5-11,14,18H,4,12-13,15H2,1-3H3,(H,22,23)/t18-/m1/s1. The second kappa shape index (κ2) is 10.8. The molecule has 0 saturated carbocycles. The Hall–Kier alpha value is -2.14. The zero-order valence-electron chi connectivity index (χ0n) is 15.7. The molecule has 140 valence electrons. The third-order valence-electron chi connectivity index (χ3n) is 4.14. The maximum atomic E-state index is 12.3. The Morgan fingerprint density at radius 3 is 2.46 bits per heavy atom. The van der Waals surface area contributed by atoms with Gasteiger partial charge in [-0.2, -0.15) is 11.8 Å². The monoisotopic (exact) mass is 373 g/mol. The average Bonchev–Trinajstić information content (AvgIpc) is 2.69. The van der Waals surface area contributed by atoms with Gasteiger partial charge in [0.25, 0.3) is 0 Å². The fourth-order valence-electron chi connectivity index (χ4n) is 2.69. The van der Waals surface area contributed by atoms with Gasteiger partial charge in [0, 0.05) is 17.9 Å². The lowest BCUT2D eigenvalue weighted by Gasteiger charge is -2.19. The number of rotatable bonds is 10. The van der Waals surface area contributed by atoms with Crippen LogP contribution in [0.4, 0.5) is 0 Å². The normalized spacial score (nSPS) is 11.7. The number of carbonyl (C=O) groups excluding carboxylic acids is 1. The van der Waals surface area contributed by atoms with Gasteiger partial charge in [0.2, 0.25) is 5.91 Å². The number of methoxy groups -OCH3 is 2. The predicted octanol–water partition coefficient (Wildman–Crippen LogP) is 4.59. The molecule has 0 spiro atoms. The van der Waals surface area contributed by atoms with Crippen molar-refractivity contribution in [3.8, 4) is 11.5 Å². The first-order chi connectivity index (χ1) is 12.7.